The summed E-state index contributed by atoms with van der Waals surface area (Å²) in [6.45, 7) is 0.476. The summed E-state index contributed by atoms with van der Waals surface area (Å²) in [4.78, 5) is 16.2. The van der Waals surface area contributed by atoms with Crippen molar-refractivity contribution in [2.24, 2.45) is 0 Å². The maximum atomic E-state index is 9.53. The first kappa shape index (κ1) is 15.4. The highest BCUT2D eigenvalue weighted by atomic mass is 35.5. The van der Waals surface area contributed by atoms with Gasteiger partial charge < -0.3 is 15.4 Å². The molecule has 0 bridgehead atoms. The van der Waals surface area contributed by atoms with Crippen LogP contribution in [-0.2, 0) is 6.54 Å². The summed E-state index contributed by atoms with van der Waals surface area (Å²) in [5.74, 6) is 0.641. The number of fused-ring (bicyclic) bond motifs is 1. The predicted octanol–water partition coefficient (Wildman–Crippen LogP) is 3.99. The van der Waals surface area contributed by atoms with Crippen molar-refractivity contribution in [2.45, 2.75) is 6.54 Å². The molecule has 0 spiro atoms. The molecule has 0 amide bonds. The molecule has 3 N–H and O–H groups in total. The molecule has 1 aromatic carbocycles. The Bertz CT molecular complexity index is 1050. The third kappa shape index (κ3) is 3.25. The quantitative estimate of drug-likeness (QED) is 0.484. The van der Waals surface area contributed by atoms with Gasteiger partial charge in [0.2, 0.25) is 5.95 Å². The molecule has 25 heavy (non-hydrogen) atoms. The Morgan fingerprint density at radius 2 is 2.04 bits per heavy atom. The van der Waals surface area contributed by atoms with Crippen molar-refractivity contribution in [3.63, 3.8) is 0 Å². The Morgan fingerprint density at radius 1 is 1.12 bits per heavy atom. The summed E-state index contributed by atoms with van der Waals surface area (Å²) in [5.41, 5.74) is 3.33. The first-order valence-electron chi connectivity index (χ1n) is 7.68. The Labute approximate surface area is 148 Å². The molecule has 0 saturated carbocycles. The van der Waals surface area contributed by atoms with E-state index >= 15 is 0 Å². The van der Waals surface area contributed by atoms with Crippen LogP contribution < -0.4 is 5.32 Å². The van der Waals surface area contributed by atoms with Crippen molar-refractivity contribution >= 4 is 28.6 Å². The van der Waals surface area contributed by atoms with Crippen LogP contribution in [0.4, 0.5) is 5.95 Å². The van der Waals surface area contributed by atoms with Crippen LogP contribution in [0.25, 0.3) is 22.3 Å². The average molecular weight is 352 g/mol. The molecule has 124 valence electrons. The van der Waals surface area contributed by atoms with Crippen LogP contribution in [0.2, 0.25) is 5.15 Å². The minimum absolute atomic E-state index is 0.221. The van der Waals surface area contributed by atoms with Gasteiger partial charge in [0.25, 0.3) is 0 Å². The number of anilines is 1. The van der Waals surface area contributed by atoms with Gasteiger partial charge in [-0.15, -0.1) is 0 Å². The van der Waals surface area contributed by atoms with Gasteiger partial charge in [0.05, 0.1) is 5.69 Å². The van der Waals surface area contributed by atoms with Crippen molar-refractivity contribution in [2.75, 3.05) is 5.32 Å². The van der Waals surface area contributed by atoms with Gasteiger partial charge in [-0.25, -0.2) is 15.0 Å². The van der Waals surface area contributed by atoms with E-state index in [2.05, 4.69) is 25.3 Å². The predicted molar refractivity (Wildman–Crippen MR) is 97.6 cm³/mol. The minimum Gasteiger partial charge on any atom is -0.508 e. The molecule has 0 atom stereocenters. The van der Waals surface area contributed by atoms with E-state index in [1.165, 1.54) is 0 Å². The topological polar surface area (TPSA) is 86.7 Å². The number of H-pyrrole nitrogens is 1. The molecule has 0 radical (unpaired) electrons. The Kier molecular flexibility index (Phi) is 3.95. The van der Waals surface area contributed by atoms with Crippen molar-refractivity contribution < 1.29 is 5.11 Å². The largest absolute Gasteiger partial charge is 0.508 e. The van der Waals surface area contributed by atoms with E-state index in [1.54, 1.807) is 30.5 Å². The first-order chi connectivity index (χ1) is 12.2. The fourth-order valence-electron chi connectivity index (χ4n) is 2.65. The lowest BCUT2D eigenvalue weighted by Crippen LogP contribution is -2.04. The van der Waals surface area contributed by atoms with Gasteiger partial charge in [0.1, 0.15) is 16.5 Å². The number of hydrogen-bond donors (Lipinski definition) is 3. The number of pyridine rings is 1. The number of halogens is 1. The Hall–Kier alpha value is -3.12. The van der Waals surface area contributed by atoms with Crippen molar-refractivity contribution in [3.05, 3.63) is 65.6 Å². The summed E-state index contributed by atoms with van der Waals surface area (Å²) in [6, 6.07) is 12.6. The molecular weight excluding hydrogens is 338 g/mol. The van der Waals surface area contributed by atoms with Crippen LogP contribution in [0.5, 0.6) is 5.75 Å². The number of nitrogens with one attached hydrogen (secondary N) is 2. The molecule has 4 aromatic rings. The van der Waals surface area contributed by atoms with Gasteiger partial charge in [-0.3, -0.25) is 0 Å². The number of hydrogen-bond acceptors (Lipinski definition) is 5. The standard InChI is InChI=1S/C18H14ClN5O/c19-16-8-15(14-10-21-17-13(14)5-2-6-20-17)23-18(24-16)22-9-11-3-1-4-12(25)7-11/h1-8,10,25H,9H2,(H,20,21)(H,22,23,24). The van der Waals surface area contributed by atoms with Crippen molar-refractivity contribution in [1.29, 1.82) is 0 Å². The van der Waals surface area contributed by atoms with E-state index in [4.69, 9.17) is 11.6 Å². The third-order valence-corrected chi connectivity index (χ3v) is 3.98. The zero-order valence-corrected chi connectivity index (χ0v) is 13.8. The fraction of sp³-hybridized carbons (Fsp3) is 0.0556. The van der Waals surface area contributed by atoms with Crippen molar-refractivity contribution in [3.8, 4) is 17.0 Å². The van der Waals surface area contributed by atoms with Gasteiger partial charge in [-0.2, -0.15) is 0 Å². The minimum atomic E-state index is 0.221. The van der Waals surface area contributed by atoms with Crippen LogP contribution in [0.15, 0.2) is 54.9 Å². The highest BCUT2D eigenvalue weighted by molar-refractivity contribution is 6.29. The maximum absolute atomic E-state index is 9.53. The monoisotopic (exact) mass is 351 g/mol. The van der Waals surface area contributed by atoms with E-state index in [0.29, 0.717) is 23.3 Å². The van der Waals surface area contributed by atoms with Crippen LogP contribution in [0.1, 0.15) is 5.56 Å². The second kappa shape index (κ2) is 6.41. The molecule has 7 heteroatoms. The fourth-order valence-corrected chi connectivity index (χ4v) is 2.83. The van der Waals surface area contributed by atoms with Gasteiger partial charge in [-0.05, 0) is 29.8 Å². The number of aromatic amines is 1. The number of benzene rings is 1. The van der Waals surface area contributed by atoms with Crippen molar-refractivity contribution in [1.82, 2.24) is 19.9 Å². The molecule has 3 aromatic heterocycles. The first-order valence-corrected chi connectivity index (χ1v) is 8.06. The zero-order valence-electron chi connectivity index (χ0n) is 13.1. The zero-order chi connectivity index (χ0) is 17.2. The molecule has 4 rings (SSSR count). The normalized spacial score (nSPS) is 10.9. The second-order valence-corrected chi connectivity index (χ2v) is 5.91. The maximum Gasteiger partial charge on any atom is 0.224 e. The lowest BCUT2D eigenvalue weighted by atomic mass is 10.1. The SMILES string of the molecule is Oc1cccc(CNc2nc(Cl)cc(-c3c[nH]c4ncccc34)n2)c1. The van der Waals surface area contributed by atoms with Crippen LogP contribution >= 0.6 is 11.6 Å². The van der Waals surface area contributed by atoms with Gasteiger partial charge >= 0.3 is 0 Å². The van der Waals surface area contributed by atoms with E-state index in [9.17, 15) is 5.11 Å². The summed E-state index contributed by atoms with van der Waals surface area (Å²) >= 11 is 6.17. The second-order valence-electron chi connectivity index (χ2n) is 5.52. The molecule has 0 saturated heterocycles. The summed E-state index contributed by atoms with van der Waals surface area (Å²) in [5, 5.41) is 14.0. The van der Waals surface area contributed by atoms with Gasteiger partial charge in [0, 0.05) is 36.0 Å². The lowest BCUT2D eigenvalue weighted by molar-refractivity contribution is 0.474. The van der Waals surface area contributed by atoms with E-state index in [1.807, 2.05) is 24.4 Å². The molecule has 3 heterocycles. The Balaban J connectivity index is 1.64. The molecular formula is C18H14ClN5O. The highest BCUT2D eigenvalue weighted by Crippen LogP contribution is 2.28. The van der Waals surface area contributed by atoms with Crippen LogP contribution in [0, 0.1) is 0 Å². The number of phenolic OH excluding ortho intramolecular Hbond substituents is 1. The summed E-state index contributed by atoms with van der Waals surface area (Å²) in [6.07, 6.45) is 3.59. The molecule has 0 unspecified atom stereocenters. The lowest BCUT2D eigenvalue weighted by Gasteiger charge is -2.08. The van der Waals surface area contributed by atoms with E-state index in [-0.39, 0.29) is 5.75 Å². The van der Waals surface area contributed by atoms with Crippen LogP contribution in [-0.4, -0.2) is 25.0 Å². The molecule has 0 aliphatic carbocycles. The van der Waals surface area contributed by atoms with Crippen LogP contribution in [0.3, 0.4) is 0 Å². The smallest absolute Gasteiger partial charge is 0.224 e. The van der Waals surface area contributed by atoms with Gasteiger partial charge in [0.15, 0.2) is 0 Å². The average Bonchev–Trinajstić information content (AvgIpc) is 3.04. The summed E-state index contributed by atoms with van der Waals surface area (Å²) < 4.78 is 0. The molecule has 0 fully saturated rings. The number of aromatic nitrogens is 4. The van der Waals surface area contributed by atoms with Gasteiger partial charge in [-0.1, -0.05) is 23.7 Å². The molecule has 0 aliphatic rings. The third-order valence-electron chi connectivity index (χ3n) is 3.78. The molecule has 6 nitrogen and oxygen atoms in total. The van der Waals surface area contributed by atoms with E-state index < -0.39 is 0 Å². The number of rotatable bonds is 4. The van der Waals surface area contributed by atoms with E-state index in [0.717, 1.165) is 22.2 Å². The molecule has 0 aliphatic heterocycles. The summed E-state index contributed by atoms with van der Waals surface area (Å²) in [7, 11) is 0. The Morgan fingerprint density at radius 3 is 2.92 bits per heavy atom. The highest BCUT2D eigenvalue weighted by Gasteiger charge is 2.11. The number of phenols is 1. The number of nitrogens with zero attached hydrogens (tertiary/aromatic N) is 3. The number of aromatic hydroxyl groups is 1.